The molecule has 74 valence electrons. The van der Waals surface area contributed by atoms with E-state index in [-0.39, 0.29) is 5.48 Å². The van der Waals surface area contributed by atoms with Crippen molar-refractivity contribution in [3.05, 3.63) is 29.1 Å². The molecule has 0 aliphatic rings. The molecule has 0 saturated carbocycles. The average Bonchev–Trinajstić information content (AvgIpc) is 2.08. The van der Waals surface area contributed by atoms with Crippen molar-refractivity contribution >= 4 is 12.6 Å². The third-order valence-electron chi connectivity index (χ3n) is 1.19. The third kappa shape index (κ3) is 1.75. The molecule has 0 aromatic heterocycles. The number of hydrogen-bond acceptors (Lipinski definition) is 1. The van der Waals surface area contributed by atoms with Crippen LogP contribution in [0.1, 0.15) is 0 Å². The van der Waals surface area contributed by atoms with E-state index in [1.54, 1.807) is 0 Å². The van der Waals surface area contributed by atoms with E-state index in [4.69, 9.17) is 0 Å². The largest absolute Gasteiger partial charge is 0.412 e. The standard InChI is InChI=1S/C6HF5S.H2O/c7-1-2(8)4(10)6(12)5(11)3(1)9;/h12H;1H2. The highest BCUT2D eigenvalue weighted by Gasteiger charge is 2.23. The van der Waals surface area contributed by atoms with E-state index in [1.807, 2.05) is 0 Å². The van der Waals surface area contributed by atoms with E-state index in [0.717, 1.165) is 0 Å². The van der Waals surface area contributed by atoms with Gasteiger partial charge in [0, 0.05) is 0 Å². The molecule has 1 rings (SSSR count). The number of halogens is 5. The zero-order valence-corrected chi connectivity index (χ0v) is 6.73. The zero-order chi connectivity index (χ0) is 9.46. The second kappa shape index (κ2) is 3.93. The summed E-state index contributed by atoms with van der Waals surface area (Å²) in [5, 5.41) is 0. The fourth-order valence-corrected chi connectivity index (χ4v) is 0.790. The van der Waals surface area contributed by atoms with Gasteiger partial charge in [0.15, 0.2) is 23.3 Å². The first kappa shape index (κ1) is 12.2. The normalized spacial score (nSPS) is 9.69. The Balaban J connectivity index is 0.00000144. The van der Waals surface area contributed by atoms with Crippen molar-refractivity contribution in [3.63, 3.8) is 0 Å². The molecule has 0 heterocycles. The summed E-state index contributed by atoms with van der Waals surface area (Å²) in [6.45, 7) is 0. The van der Waals surface area contributed by atoms with Gasteiger partial charge in [0.1, 0.15) is 0 Å². The Morgan fingerprint density at radius 3 is 1.15 bits per heavy atom. The zero-order valence-electron chi connectivity index (χ0n) is 5.84. The molecule has 1 aromatic carbocycles. The summed E-state index contributed by atoms with van der Waals surface area (Å²) in [5.74, 6) is -10.00. The quantitative estimate of drug-likeness (QED) is 0.298. The lowest BCUT2D eigenvalue weighted by atomic mass is 10.3. The molecule has 2 N–H and O–H groups in total. The van der Waals surface area contributed by atoms with Gasteiger partial charge in [-0.3, -0.25) is 0 Å². The first-order chi connectivity index (χ1) is 5.46. The first-order valence-electron chi connectivity index (χ1n) is 2.67. The second-order valence-electron chi connectivity index (χ2n) is 1.92. The van der Waals surface area contributed by atoms with Gasteiger partial charge in [0.05, 0.1) is 4.90 Å². The predicted octanol–water partition coefficient (Wildman–Crippen LogP) is 1.85. The summed E-state index contributed by atoms with van der Waals surface area (Å²) in [6.07, 6.45) is 0. The minimum absolute atomic E-state index is 0. The van der Waals surface area contributed by atoms with Crippen molar-refractivity contribution in [2.24, 2.45) is 0 Å². The van der Waals surface area contributed by atoms with E-state index in [2.05, 4.69) is 12.6 Å². The Morgan fingerprint density at radius 2 is 0.846 bits per heavy atom. The van der Waals surface area contributed by atoms with Crippen LogP contribution < -0.4 is 0 Å². The molecule has 0 amide bonds. The van der Waals surface area contributed by atoms with Gasteiger partial charge in [-0.2, -0.15) is 0 Å². The minimum atomic E-state index is -2.18. The van der Waals surface area contributed by atoms with Gasteiger partial charge in [-0.15, -0.1) is 12.6 Å². The highest BCUT2D eigenvalue weighted by molar-refractivity contribution is 7.80. The van der Waals surface area contributed by atoms with Crippen LogP contribution in [-0.2, 0) is 0 Å². The SMILES string of the molecule is Fc1c(F)c(F)c(S)c(F)c1F.O. The summed E-state index contributed by atoms with van der Waals surface area (Å²) in [4.78, 5) is -1.17. The summed E-state index contributed by atoms with van der Waals surface area (Å²) in [7, 11) is 0. The fourth-order valence-electron chi connectivity index (χ4n) is 0.593. The summed E-state index contributed by atoms with van der Waals surface area (Å²) in [6, 6.07) is 0. The Morgan fingerprint density at radius 1 is 0.615 bits per heavy atom. The van der Waals surface area contributed by atoms with Gasteiger partial charge in [-0.1, -0.05) is 0 Å². The van der Waals surface area contributed by atoms with Crippen molar-refractivity contribution in [2.45, 2.75) is 4.90 Å². The summed E-state index contributed by atoms with van der Waals surface area (Å²) in [5.41, 5.74) is 0. The number of benzene rings is 1. The number of hydrogen-bond donors (Lipinski definition) is 1. The Bertz CT molecular complexity index is 235. The topological polar surface area (TPSA) is 31.5 Å². The maximum absolute atomic E-state index is 12.3. The van der Waals surface area contributed by atoms with E-state index >= 15 is 0 Å². The van der Waals surface area contributed by atoms with E-state index in [0.29, 0.717) is 0 Å². The molecule has 0 bridgehead atoms. The lowest BCUT2D eigenvalue weighted by Crippen LogP contribution is -2.01. The van der Waals surface area contributed by atoms with Gasteiger partial charge in [0.2, 0.25) is 5.82 Å². The Hall–Kier alpha value is -0.820. The van der Waals surface area contributed by atoms with Crippen LogP contribution in [0.4, 0.5) is 22.0 Å². The van der Waals surface area contributed by atoms with Crippen LogP contribution >= 0.6 is 12.6 Å². The molecule has 0 saturated heterocycles. The Labute approximate surface area is 74.9 Å². The van der Waals surface area contributed by atoms with Gasteiger partial charge in [0.25, 0.3) is 0 Å². The van der Waals surface area contributed by atoms with E-state index in [9.17, 15) is 22.0 Å². The molecule has 1 nitrogen and oxygen atoms in total. The molecule has 0 radical (unpaired) electrons. The summed E-state index contributed by atoms with van der Waals surface area (Å²) < 4.78 is 61.3. The molecule has 0 fully saturated rings. The maximum Gasteiger partial charge on any atom is 0.200 e. The first-order valence-corrected chi connectivity index (χ1v) is 3.12. The highest BCUT2D eigenvalue weighted by atomic mass is 32.1. The van der Waals surface area contributed by atoms with Crippen molar-refractivity contribution in [2.75, 3.05) is 0 Å². The monoisotopic (exact) mass is 218 g/mol. The molecule has 0 spiro atoms. The number of rotatable bonds is 0. The van der Waals surface area contributed by atoms with Gasteiger partial charge in [-0.05, 0) is 0 Å². The molecule has 0 unspecified atom stereocenters. The van der Waals surface area contributed by atoms with Gasteiger partial charge in [-0.25, -0.2) is 22.0 Å². The number of thiol groups is 1. The van der Waals surface area contributed by atoms with Gasteiger partial charge < -0.3 is 5.48 Å². The smallest absolute Gasteiger partial charge is 0.200 e. The van der Waals surface area contributed by atoms with Gasteiger partial charge >= 0.3 is 0 Å². The lowest BCUT2D eigenvalue weighted by molar-refractivity contribution is 0.361. The average molecular weight is 218 g/mol. The predicted molar refractivity (Wildman–Crippen MR) is 37.1 cm³/mol. The van der Waals surface area contributed by atoms with E-state index in [1.165, 1.54) is 0 Å². The molecular formula is C6H3F5OS. The minimum Gasteiger partial charge on any atom is -0.412 e. The van der Waals surface area contributed by atoms with Crippen LogP contribution in [0, 0.1) is 29.1 Å². The molecule has 1 aromatic rings. The van der Waals surface area contributed by atoms with Crippen LogP contribution in [-0.4, -0.2) is 5.48 Å². The third-order valence-corrected chi connectivity index (χ3v) is 1.58. The molecular weight excluding hydrogens is 215 g/mol. The highest BCUT2D eigenvalue weighted by Crippen LogP contribution is 2.24. The van der Waals surface area contributed by atoms with Crippen molar-refractivity contribution in [1.82, 2.24) is 0 Å². The molecule has 13 heavy (non-hydrogen) atoms. The van der Waals surface area contributed by atoms with Crippen LogP contribution in [0.15, 0.2) is 4.90 Å². The molecule has 0 aliphatic carbocycles. The lowest BCUT2D eigenvalue weighted by Gasteiger charge is -2.01. The summed E-state index contributed by atoms with van der Waals surface area (Å²) >= 11 is 3.10. The van der Waals surface area contributed by atoms with E-state index < -0.39 is 34.0 Å². The van der Waals surface area contributed by atoms with Crippen molar-refractivity contribution in [3.8, 4) is 0 Å². The maximum atomic E-state index is 12.3. The van der Waals surface area contributed by atoms with Crippen molar-refractivity contribution < 1.29 is 27.4 Å². The van der Waals surface area contributed by atoms with Crippen LogP contribution in [0.3, 0.4) is 0 Å². The second-order valence-corrected chi connectivity index (χ2v) is 2.37. The molecule has 7 heteroatoms. The fraction of sp³-hybridized carbons (Fsp3) is 0. The Kier molecular flexibility index (Phi) is 3.68. The van der Waals surface area contributed by atoms with Crippen LogP contribution in [0.2, 0.25) is 0 Å². The molecule has 0 atom stereocenters. The van der Waals surface area contributed by atoms with Crippen LogP contribution in [0.5, 0.6) is 0 Å². The van der Waals surface area contributed by atoms with Crippen molar-refractivity contribution in [1.29, 1.82) is 0 Å². The van der Waals surface area contributed by atoms with Crippen LogP contribution in [0.25, 0.3) is 0 Å². The molecule has 0 aliphatic heterocycles.